The van der Waals surface area contributed by atoms with Gasteiger partial charge in [0.05, 0.1) is 47.9 Å². The number of ether oxygens (including phenoxy) is 1. The van der Waals surface area contributed by atoms with Gasteiger partial charge in [-0.1, -0.05) is 0 Å². The van der Waals surface area contributed by atoms with Gasteiger partial charge in [0.1, 0.15) is 6.07 Å². The van der Waals surface area contributed by atoms with Crippen LogP contribution in [0, 0.1) is 17.2 Å². The molecule has 0 atom stereocenters. The average Bonchev–Trinajstić information content (AvgIpc) is 3.24. The third-order valence-electron chi connectivity index (χ3n) is 6.95. The van der Waals surface area contributed by atoms with E-state index in [1.807, 2.05) is 13.8 Å². The Morgan fingerprint density at radius 3 is 2.57 bits per heavy atom. The third-order valence-corrected chi connectivity index (χ3v) is 6.95. The highest BCUT2D eigenvalue weighted by Crippen LogP contribution is 2.33. The van der Waals surface area contributed by atoms with E-state index in [1.165, 1.54) is 6.20 Å². The monoisotopic (exact) mass is 475 g/mol. The number of anilines is 1. The van der Waals surface area contributed by atoms with E-state index in [-0.39, 0.29) is 23.9 Å². The summed E-state index contributed by atoms with van der Waals surface area (Å²) in [6.45, 7) is 4.85. The number of amides is 1. The maximum Gasteiger partial charge on any atom is 0.255 e. The highest BCUT2D eigenvalue weighted by Gasteiger charge is 2.32. The predicted molar refractivity (Wildman–Crippen MR) is 129 cm³/mol. The van der Waals surface area contributed by atoms with Gasteiger partial charge in [0.15, 0.2) is 11.5 Å². The van der Waals surface area contributed by atoms with Crippen molar-refractivity contribution in [2.24, 2.45) is 5.92 Å². The molecule has 0 aromatic carbocycles. The van der Waals surface area contributed by atoms with Crippen molar-refractivity contribution in [2.75, 3.05) is 18.5 Å². The van der Waals surface area contributed by atoms with E-state index in [0.29, 0.717) is 41.5 Å². The molecule has 10 nitrogen and oxygen atoms in total. The van der Waals surface area contributed by atoms with Crippen molar-refractivity contribution in [3.05, 3.63) is 41.9 Å². The first kappa shape index (κ1) is 23.2. The molecule has 0 bridgehead atoms. The lowest BCUT2D eigenvalue weighted by atomic mass is 9.77. The molecule has 10 heteroatoms. The zero-order chi connectivity index (χ0) is 24.6. The van der Waals surface area contributed by atoms with E-state index < -0.39 is 5.60 Å². The van der Waals surface area contributed by atoms with Crippen molar-refractivity contribution in [1.82, 2.24) is 25.1 Å². The standard InChI is InChI=1S/C25H29N7O3/c1-25(2,34)17-3-5-18(6-4-17)31-24(33)20-12-27-22(8-21(20)30-19-13-35-14-19)32-23-16(11-29-32)7-15(9-26)10-28-23/h7-8,10-12,17-19,34H,3-6,13-14H2,1-2H3,(H,27,30)(H,31,33)/t17-,18-. The molecule has 1 aliphatic carbocycles. The molecule has 3 aromatic rings. The molecule has 2 fully saturated rings. The Kier molecular flexibility index (Phi) is 6.13. The van der Waals surface area contributed by atoms with Gasteiger partial charge in [0.25, 0.3) is 5.91 Å². The lowest BCUT2D eigenvalue weighted by molar-refractivity contribution is -0.00257. The van der Waals surface area contributed by atoms with E-state index in [4.69, 9.17) is 10.00 Å². The number of carbonyl (C=O) groups excluding carboxylic acids is 1. The minimum atomic E-state index is -0.696. The van der Waals surface area contributed by atoms with Crippen molar-refractivity contribution in [3.8, 4) is 11.9 Å². The molecule has 0 spiro atoms. The van der Waals surface area contributed by atoms with Gasteiger partial charge >= 0.3 is 0 Å². The molecule has 1 amide bonds. The van der Waals surface area contributed by atoms with Crippen LogP contribution >= 0.6 is 0 Å². The lowest BCUT2D eigenvalue weighted by Crippen LogP contribution is -2.43. The first-order valence-electron chi connectivity index (χ1n) is 11.9. The molecule has 0 radical (unpaired) electrons. The first-order chi connectivity index (χ1) is 16.8. The molecular weight excluding hydrogens is 446 g/mol. The quantitative estimate of drug-likeness (QED) is 0.495. The van der Waals surface area contributed by atoms with E-state index in [0.717, 1.165) is 31.1 Å². The fourth-order valence-corrected chi connectivity index (χ4v) is 4.76. The van der Waals surface area contributed by atoms with Crippen LogP contribution in [0.3, 0.4) is 0 Å². The average molecular weight is 476 g/mol. The van der Waals surface area contributed by atoms with Crippen LogP contribution in [-0.4, -0.2) is 61.7 Å². The molecular formula is C25H29N7O3. The van der Waals surface area contributed by atoms with Crippen LogP contribution in [0.25, 0.3) is 16.9 Å². The van der Waals surface area contributed by atoms with Gasteiger partial charge in [-0.25, -0.2) is 9.97 Å². The summed E-state index contributed by atoms with van der Waals surface area (Å²) < 4.78 is 6.89. The van der Waals surface area contributed by atoms with E-state index in [1.54, 1.807) is 29.2 Å². The summed E-state index contributed by atoms with van der Waals surface area (Å²) in [5.41, 5.74) is 1.46. The number of nitriles is 1. The minimum Gasteiger partial charge on any atom is -0.390 e. The van der Waals surface area contributed by atoms with Crippen LogP contribution in [0.15, 0.2) is 30.7 Å². The largest absolute Gasteiger partial charge is 0.390 e. The van der Waals surface area contributed by atoms with Crippen LogP contribution in [0.2, 0.25) is 0 Å². The molecule has 5 rings (SSSR count). The number of nitrogens with one attached hydrogen (secondary N) is 2. The number of rotatable bonds is 6. The van der Waals surface area contributed by atoms with Crippen LogP contribution in [0.1, 0.15) is 55.5 Å². The molecule has 0 unspecified atom stereocenters. The number of nitrogens with zero attached hydrogens (tertiary/aromatic N) is 5. The summed E-state index contributed by atoms with van der Waals surface area (Å²) in [6.07, 6.45) is 8.13. The van der Waals surface area contributed by atoms with Crippen molar-refractivity contribution in [3.63, 3.8) is 0 Å². The SMILES string of the molecule is CC(C)(O)[C@H]1CC[C@H](NC(=O)c2cnc(-n3ncc4cc(C#N)cnc43)cc2NC2COC2)CC1. The first-order valence-corrected chi connectivity index (χ1v) is 11.9. The summed E-state index contributed by atoms with van der Waals surface area (Å²) in [5.74, 6) is 0.581. The van der Waals surface area contributed by atoms with E-state index >= 15 is 0 Å². The molecule has 3 aromatic heterocycles. The third kappa shape index (κ3) is 4.83. The topological polar surface area (TPSA) is 138 Å². The maximum atomic E-state index is 13.2. The summed E-state index contributed by atoms with van der Waals surface area (Å²) in [5, 5.41) is 31.1. The second kappa shape index (κ2) is 9.24. The van der Waals surface area contributed by atoms with Gasteiger partial charge in [-0.2, -0.15) is 15.0 Å². The molecule has 182 valence electrons. The number of carbonyl (C=O) groups is 1. The number of pyridine rings is 2. The number of hydrogen-bond acceptors (Lipinski definition) is 8. The Balaban J connectivity index is 1.38. The van der Waals surface area contributed by atoms with Crippen LogP contribution in [-0.2, 0) is 4.74 Å². The Bertz CT molecular complexity index is 1280. The summed E-state index contributed by atoms with van der Waals surface area (Å²) in [7, 11) is 0. The summed E-state index contributed by atoms with van der Waals surface area (Å²) in [6, 6.07) is 5.78. The predicted octanol–water partition coefficient (Wildman–Crippen LogP) is 2.56. The molecule has 1 saturated carbocycles. The van der Waals surface area contributed by atoms with Crippen molar-refractivity contribution < 1.29 is 14.6 Å². The van der Waals surface area contributed by atoms with Gasteiger partial charge in [-0.3, -0.25) is 4.79 Å². The Labute approximate surface area is 203 Å². The second-order valence-electron chi connectivity index (χ2n) is 9.95. The number of fused-ring (bicyclic) bond motifs is 1. The van der Waals surface area contributed by atoms with Crippen molar-refractivity contribution in [1.29, 1.82) is 5.26 Å². The minimum absolute atomic E-state index is 0.0641. The van der Waals surface area contributed by atoms with Crippen LogP contribution in [0.5, 0.6) is 0 Å². The normalized spacial score (nSPS) is 20.7. The molecule has 2 aliphatic rings. The molecule has 4 heterocycles. The van der Waals surface area contributed by atoms with Crippen LogP contribution in [0.4, 0.5) is 5.69 Å². The molecule has 1 aliphatic heterocycles. The zero-order valence-electron chi connectivity index (χ0n) is 19.9. The highest BCUT2D eigenvalue weighted by atomic mass is 16.5. The number of aliphatic hydroxyl groups is 1. The highest BCUT2D eigenvalue weighted by molar-refractivity contribution is 5.99. The molecule has 3 N–H and O–H groups in total. The molecule has 35 heavy (non-hydrogen) atoms. The van der Waals surface area contributed by atoms with E-state index in [9.17, 15) is 9.90 Å². The Hall–Kier alpha value is -3.55. The second-order valence-corrected chi connectivity index (χ2v) is 9.95. The zero-order valence-corrected chi connectivity index (χ0v) is 19.9. The number of hydrogen-bond donors (Lipinski definition) is 3. The Morgan fingerprint density at radius 1 is 1.14 bits per heavy atom. The summed E-state index contributed by atoms with van der Waals surface area (Å²) in [4.78, 5) is 22.1. The van der Waals surface area contributed by atoms with Gasteiger partial charge < -0.3 is 20.5 Å². The van der Waals surface area contributed by atoms with Gasteiger partial charge in [-0.05, 0) is 51.5 Å². The lowest BCUT2D eigenvalue weighted by Gasteiger charge is -2.36. The summed E-state index contributed by atoms with van der Waals surface area (Å²) >= 11 is 0. The fraction of sp³-hybridized carbons (Fsp3) is 0.480. The maximum absolute atomic E-state index is 13.2. The van der Waals surface area contributed by atoms with Crippen LogP contribution < -0.4 is 10.6 Å². The van der Waals surface area contributed by atoms with Gasteiger partial charge in [-0.15, -0.1) is 0 Å². The van der Waals surface area contributed by atoms with E-state index in [2.05, 4.69) is 31.8 Å². The molecule has 1 saturated heterocycles. The van der Waals surface area contributed by atoms with Gasteiger partial charge in [0.2, 0.25) is 0 Å². The Morgan fingerprint density at radius 2 is 1.91 bits per heavy atom. The fourth-order valence-electron chi connectivity index (χ4n) is 4.76. The van der Waals surface area contributed by atoms with Crippen molar-refractivity contribution >= 4 is 22.6 Å². The van der Waals surface area contributed by atoms with Gasteiger partial charge in [0, 0.05) is 29.9 Å². The smallest absolute Gasteiger partial charge is 0.255 e. The van der Waals surface area contributed by atoms with Crippen molar-refractivity contribution in [2.45, 2.75) is 57.2 Å². The number of aromatic nitrogens is 4.